The summed E-state index contributed by atoms with van der Waals surface area (Å²) in [7, 11) is 0. The first-order valence-electron chi connectivity index (χ1n) is 17.1. The number of halogens is 1. The summed E-state index contributed by atoms with van der Waals surface area (Å²) in [6.07, 6.45) is 9.94. The monoisotopic (exact) mass is 705 g/mol. The topological polar surface area (TPSA) is 215 Å². The molecule has 1 saturated heterocycles. The van der Waals surface area contributed by atoms with E-state index in [0.717, 1.165) is 38.5 Å². The number of imidazole rings is 1. The van der Waals surface area contributed by atoms with Crippen molar-refractivity contribution in [3.63, 3.8) is 0 Å². The molecule has 2 aromatic heterocycles. The third-order valence-electron chi connectivity index (χ3n) is 8.64. The van der Waals surface area contributed by atoms with Crippen LogP contribution in [0.15, 0.2) is 6.33 Å². The van der Waals surface area contributed by atoms with Gasteiger partial charge < -0.3 is 34.9 Å². The second-order valence-corrected chi connectivity index (χ2v) is 12.5. The molecule has 0 spiro atoms. The van der Waals surface area contributed by atoms with Crippen LogP contribution in [0.25, 0.3) is 11.2 Å². The van der Waals surface area contributed by atoms with Gasteiger partial charge in [0.15, 0.2) is 22.6 Å². The van der Waals surface area contributed by atoms with Crippen LogP contribution >= 0.6 is 0 Å². The second-order valence-electron chi connectivity index (χ2n) is 12.5. The highest BCUT2D eigenvalue weighted by atomic mass is 19.1. The number of ether oxygens (including phenoxy) is 4. The average Bonchev–Trinajstić information content (AvgIpc) is 3.65. The van der Waals surface area contributed by atoms with Crippen LogP contribution in [0.5, 0.6) is 0 Å². The van der Waals surface area contributed by atoms with E-state index in [2.05, 4.69) is 20.9 Å². The standard InChI is InChI=1S/C34H48FN5O10/c1-4-7-9-11-13-27(44)47-18-22(19-48-28(45)14-12-10-8-5-2)23(15-16-26(42)43)32(46)49-20-34(6-3)24(41)17-25(50-34)40-21-37-29-30(36)38-33(35)39-31(29)40/h3,21-25,41H,4-5,7-20H2,1-2H3,(H,42,43)(H2,36,38,39)/t23?,24-,25+,34+/m0/s1. The lowest BCUT2D eigenvalue weighted by atomic mass is 9.89. The molecule has 0 amide bonds. The van der Waals surface area contributed by atoms with Crippen LogP contribution in [-0.4, -0.2) is 85.1 Å². The number of carboxylic acids is 1. The maximum absolute atomic E-state index is 13.9. The zero-order valence-corrected chi connectivity index (χ0v) is 28.7. The van der Waals surface area contributed by atoms with Crippen molar-refractivity contribution in [3.8, 4) is 12.3 Å². The Kier molecular flexibility index (Phi) is 15.8. The molecule has 0 bridgehead atoms. The molecule has 0 saturated carbocycles. The van der Waals surface area contributed by atoms with E-state index in [9.17, 15) is 33.8 Å². The smallest absolute Gasteiger partial charge is 0.312 e. The summed E-state index contributed by atoms with van der Waals surface area (Å²) in [5.74, 6) is -3.09. The van der Waals surface area contributed by atoms with E-state index in [1.165, 1.54) is 10.9 Å². The van der Waals surface area contributed by atoms with E-state index >= 15 is 0 Å². The highest BCUT2D eigenvalue weighted by Crippen LogP contribution is 2.38. The van der Waals surface area contributed by atoms with Crippen molar-refractivity contribution < 1.29 is 52.7 Å². The molecule has 2 aromatic rings. The van der Waals surface area contributed by atoms with Gasteiger partial charge in [-0.15, -0.1) is 6.42 Å². The van der Waals surface area contributed by atoms with Gasteiger partial charge in [0, 0.05) is 31.6 Å². The Morgan fingerprint density at radius 1 is 1.04 bits per heavy atom. The van der Waals surface area contributed by atoms with Crippen LogP contribution in [0, 0.1) is 30.3 Å². The molecular weight excluding hydrogens is 657 g/mol. The van der Waals surface area contributed by atoms with Crippen molar-refractivity contribution in [1.82, 2.24) is 19.5 Å². The van der Waals surface area contributed by atoms with E-state index in [4.69, 9.17) is 31.1 Å². The third kappa shape index (κ3) is 11.3. The van der Waals surface area contributed by atoms with Gasteiger partial charge in [0.05, 0.1) is 25.5 Å². The Morgan fingerprint density at radius 2 is 1.66 bits per heavy atom. The number of fused-ring (bicyclic) bond motifs is 1. The summed E-state index contributed by atoms with van der Waals surface area (Å²) in [5.41, 5.74) is 3.99. The highest BCUT2D eigenvalue weighted by Gasteiger charge is 2.50. The SMILES string of the molecule is C#C[C@]1(COC(=O)C(CCC(=O)O)C(COC(=O)CCCCCC)COC(=O)CCCCCC)O[C@@H](n2cnc3c(N)nc(F)nc32)C[C@@H]1O. The van der Waals surface area contributed by atoms with Crippen LogP contribution in [0.4, 0.5) is 10.2 Å². The lowest BCUT2D eigenvalue weighted by molar-refractivity contribution is -0.168. The van der Waals surface area contributed by atoms with Crippen LogP contribution in [0.3, 0.4) is 0 Å². The summed E-state index contributed by atoms with van der Waals surface area (Å²) in [6, 6.07) is 0. The Balaban J connectivity index is 1.76. The predicted octanol–water partition coefficient (Wildman–Crippen LogP) is 3.87. The van der Waals surface area contributed by atoms with Crippen molar-refractivity contribution in [2.75, 3.05) is 25.6 Å². The number of aliphatic hydroxyl groups excluding tert-OH is 1. The molecule has 15 nitrogen and oxygen atoms in total. The van der Waals surface area contributed by atoms with Gasteiger partial charge in [-0.05, 0) is 19.3 Å². The number of aliphatic carboxylic acids is 1. The maximum Gasteiger partial charge on any atom is 0.312 e. The number of hydrogen-bond acceptors (Lipinski definition) is 13. The van der Waals surface area contributed by atoms with Gasteiger partial charge in [0.2, 0.25) is 0 Å². The van der Waals surface area contributed by atoms with E-state index in [1.54, 1.807) is 0 Å². The van der Waals surface area contributed by atoms with Crippen molar-refractivity contribution >= 4 is 40.9 Å². The van der Waals surface area contributed by atoms with Crippen molar-refractivity contribution in [2.45, 2.75) is 115 Å². The minimum atomic E-state index is -1.86. The fraction of sp³-hybridized carbons (Fsp3) is 0.676. The first-order chi connectivity index (χ1) is 23.9. The number of esters is 3. The fourth-order valence-electron chi connectivity index (χ4n) is 5.67. The average molecular weight is 706 g/mol. The van der Waals surface area contributed by atoms with Gasteiger partial charge in [0.1, 0.15) is 18.9 Å². The van der Waals surface area contributed by atoms with E-state index in [1.807, 2.05) is 13.8 Å². The van der Waals surface area contributed by atoms with Gasteiger partial charge in [-0.3, -0.25) is 23.7 Å². The molecule has 50 heavy (non-hydrogen) atoms. The number of aromatic nitrogens is 4. The first kappa shape index (κ1) is 40.1. The van der Waals surface area contributed by atoms with Crippen LogP contribution in [0.1, 0.15) is 104 Å². The summed E-state index contributed by atoms with van der Waals surface area (Å²) in [6.45, 7) is 2.79. The Hall–Kier alpha value is -4.36. The van der Waals surface area contributed by atoms with Gasteiger partial charge in [-0.1, -0.05) is 58.3 Å². The number of nitrogen functional groups attached to an aromatic ring is 1. The number of nitrogens with zero attached hydrogens (tertiary/aromatic N) is 4. The molecule has 276 valence electrons. The summed E-state index contributed by atoms with van der Waals surface area (Å²) >= 11 is 0. The molecule has 1 unspecified atom stereocenters. The lowest BCUT2D eigenvalue weighted by Gasteiger charge is -2.29. The summed E-state index contributed by atoms with van der Waals surface area (Å²) in [4.78, 5) is 61.5. The number of anilines is 1. The molecule has 4 atom stereocenters. The molecule has 16 heteroatoms. The second kappa shape index (κ2) is 19.7. The van der Waals surface area contributed by atoms with E-state index in [0.29, 0.717) is 12.8 Å². The summed E-state index contributed by atoms with van der Waals surface area (Å²) in [5, 5.41) is 20.4. The van der Waals surface area contributed by atoms with Gasteiger partial charge >= 0.3 is 30.0 Å². The Labute approximate surface area is 290 Å². The lowest BCUT2D eigenvalue weighted by Crippen LogP contribution is -2.44. The molecule has 4 N–H and O–H groups in total. The van der Waals surface area contributed by atoms with Crippen LogP contribution < -0.4 is 5.73 Å². The van der Waals surface area contributed by atoms with Crippen LogP contribution in [0.2, 0.25) is 0 Å². The molecule has 1 aliphatic rings. The minimum Gasteiger partial charge on any atom is -0.481 e. The van der Waals surface area contributed by atoms with Crippen molar-refractivity contribution in [3.05, 3.63) is 12.4 Å². The first-order valence-corrected chi connectivity index (χ1v) is 17.1. The van der Waals surface area contributed by atoms with Crippen molar-refractivity contribution in [1.29, 1.82) is 0 Å². The largest absolute Gasteiger partial charge is 0.481 e. The number of terminal acetylenes is 1. The highest BCUT2D eigenvalue weighted by molar-refractivity contribution is 5.81. The van der Waals surface area contributed by atoms with Gasteiger partial charge in [0.25, 0.3) is 0 Å². The van der Waals surface area contributed by atoms with E-state index in [-0.39, 0.29) is 55.9 Å². The Morgan fingerprint density at radius 3 is 2.22 bits per heavy atom. The molecular formula is C34H48FN5O10. The number of hydrogen-bond donors (Lipinski definition) is 3. The zero-order chi connectivity index (χ0) is 36.7. The quantitative estimate of drug-likeness (QED) is 0.0521. The van der Waals surface area contributed by atoms with E-state index < -0.39 is 72.8 Å². The van der Waals surface area contributed by atoms with Crippen molar-refractivity contribution in [2.24, 2.45) is 11.8 Å². The zero-order valence-electron chi connectivity index (χ0n) is 28.7. The number of aliphatic hydroxyl groups is 1. The number of rotatable bonds is 22. The Bertz CT molecular complexity index is 1470. The number of carboxylic acid groups (broad SMARTS) is 1. The number of carbonyl (C=O) groups is 4. The van der Waals surface area contributed by atoms with Crippen LogP contribution in [-0.2, 0) is 38.1 Å². The molecule has 1 aliphatic heterocycles. The van der Waals surface area contributed by atoms with Gasteiger partial charge in [-0.2, -0.15) is 14.4 Å². The summed E-state index contributed by atoms with van der Waals surface area (Å²) < 4.78 is 37.8. The van der Waals surface area contributed by atoms with Gasteiger partial charge in [-0.25, -0.2) is 4.98 Å². The fourth-order valence-corrected chi connectivity index (χ4v) is 5.67. The molecule has 3 rings (SSSR count). The maximum atomic E-state index is 13.9. The molecule has 0 radical (unpaired) electrons. The molecule has 3 heterocycles. The normalized spacial score (nSPS) is 19.3. The predicted molar refractivity (Wildman–Crippen MR) is 176 cm³/mol. The third-order valence-corrected chi connectivity index (χ3v) is 8.64. The number of unbranched alkanes of at least 4 members (excludes halogenated alkanes) is 6. The molecule has 1 fully saturated rings. The molecule has 0 aromatic carbocycles. The number of carbonyl (C=O) groups excluding carboxylic acids is 3. The molecule has 0 aliphatic carbocycles. The number of nitrogens with two attached hydrogens (primary N) is 1. The minimum absolute atomic E-state index is 0.00610.